The van der Waals surface area contributed by atoms with E-state index in [0.29, 0.717) is 26.2 Å². The topological polar surface area (TPSA) is 133 Å². The molecule has 0 atom stereocenters. The molecule has 0 aliphatic carbocycles. The summed E-state index contributed by atoms with van der Waals surface area (Å²) < 4.78 is 48.5. The number of carbonyl (C=O) groups is 2. The third-order valence-corrected chi connectivity index (χ3v) is 10.1. The van der Waals surface area contributed by atoms with E-state index in [9.17, 15) is 26.4 Å². The van der Waals surface area contributed by atoms with Crippen molar-refractivity contribution < 1.29 is 26.4 Å². The van der Waals surface area contributed by atoms with Crippen molar-refractivity contribution in [1.82, 2.24) is 20.4 Å². The Hall–Kier alpha value is -1.24. The van der Waals surface area contributed by atoms with E-state index in [0.717, 1.165) is 77.5 Å². The van der Waals surface area contributed by atoms with Crippen LogP contribution in [-0.4, -0.2) is 114 Å². The van der Waals surface area contributed by atoms with Crippen molar-refractivity contribution >= 4 is 31.5 Å². The number of nitrogens with one attached hydrogen (secondary N) is 2. The zero-order valence-electron chi connectivity index (χ0n) is 21.7. The lowest BCUT2D eigenvalue weighted by atomic mass is 10.2. The second-order valence-electron chi connectivity index (χ2n) is 10.0. The summed E-state index contributed by atoms with van der Waals surface area (Å²) >= 11 is 0. The standard InChI is InChI=1S/C24H46N4O6S2/c29-23(9-19-35(31,32)21-17-27-13-5-6-14-27)25-11-3-1-2-4-12-26-24(30)10-20-36(33,34)22-18-28-15-7-8-16-28/h1-22H2,(H,25,29)(H,26,30). The second-order valence-corrected chi connectivity index (χ2v) is 14.6. The summed E-state index contributed by atoms with van der Waals surface area (Å²) in [4.78, 5) is 28.2. The number of amides is 2. The number of rotatable bonds is 19. The number of likely N-dealkylation sites (tertiary alicyclic amines) is 2. The zero-order valence-corrected chi connectivity index (χ0v) is 23.3. The average molecular weight is 551 g/mol. The van der Waals surface area contributed by atoms with Crippen molar-refractivity contribution in [2.75, 3.05) is 75.4 Å². The monoisotopic (exact) mass is 550 g/mol. The molecule has 2 rings (SSSR count). The minimum atomic E-state index is -3.21. The van der Waals surface area contributed by atoms with Gasteiger partial charge in [-0.25, -0.2) is 16.8 Å². The molecule has 12 heteroatoms. The lowest BCUT2D eigenvalue weighted by molar-refractivity contribution is -0.121. The molecule has 0 unspecified atom stereocenters. The molecule has 2 heterocycles. The summed E-state index contributed by atoms with van der Waals surface area (Å²) in [5, 5.41) is 5.55. The molecule has 210 valence electrons. The van der Waals surface area contributed by atoms with E-state index in [4.69, 9.17) is 0 Å². The van der Waals surface area contributed by atoms with Gasteiger partial charge in [-0.1, -0.05) is 12.8 Å². The van der Waals surface area contributed by atoms with Crippen LogP contribution in [0, 0.1) is 0 Å². The van der Waals surface area contributed by atoms with Gasteiger partial charge in [-0.05, 0) is 64.7 Å². The molecule has 0 radical (unpaired) electrons. The van der Waals surface area contributed by atoms with Gasteiger partial charge in [0.05, 0.1) is 23.0 Å². The molecule has 0 aromatic carbocycles. The molecule has 0 bridgehead atoms. The molecule has 2 N–H and O–H groups in total. The van der Waals surface area contributed by atoms with Crippen molar-refractivity contribution in [2.45, 2.75) is 64.2 Å². The first-order valence-corrected chi connectivity index (χ1v) is 17.2. The predicted octanol–water partition coefficient (Wildman–Crippen LogP) is 0.581. The van der Waals surface area contributed by atoms with Crippen molar-refractivity contribution in [1.29, 1.82) is 0 Å². The second kappa shape index (κ2) is 16.6. The number of nitrogens with zero attached hydrogens (tertiary/aromatic N) is 2. The average Bonchev–Trinajstić information content (AvgIpc) is 3.55. The number of hydrogen-bond acceptors (Lipinski definition) is 8. The smallest absolute Gasteiger partial charge is 0.221 e. The number of carbonyl (C=O) groups excluding carboxylic acids is 2. The fraction of sp³-hybridized carbons (Fsp3) is 0.917. The Morgan fingerprint density at radius 1 is 0.556 bits per heavy atom. The first-order chi connectivity index (χ1) is 17.2. The van der Waals surface area contributed by atoms with E-state index in [2.05, 4.69) is 20.4 Å². The van der Waals surface area contributed by atoms with Crippen molar-refractivity contribution in [3.05, 3.63) is 0 Å². The lowest BCUT2D eigenvalue weighted by Crippen LogP contribution is -2.30. The lowest BCUT2D eigenvalue weighted by Gasteiger charge is -2.14. The maximum Gasteiger partial charge on any atom is 0.221 e. The van der Waals surface area contributed by atoms with Crippen LogP contribution in [0.5, 0.6) is 0 Å². The Morgan fingerprint density at radius 3 is 1.28 bits per heavy atom. The summed E-state index contributed by atoms with van der Waals surface area (Å²) in [5.74, 6) is -0.445. The summed E-state index contributed by atoms with van der Waals surface area (Å²) in [6.45, 7) is 5.99. The van der Waals surface area contributed by atoms with Crippen molar-refractivity contribution in [3.8, 4) is 0 Å². The number of hydrogen-bond donors (Lipinski definition) is 2. The first kappa shape index (κ1) is 31.0. The highest BCUT2D eigenvalue weighted by molar-refractivity contribution is 7.91. The maximum atomic E-state index is 12.1. The van der Waals surface area contributed by atoms with Gasteiger partial charge in [0.15, 0.2) is 19.7 Å². The van der Waals surface area contributed by atoms with Gasteiger partial charge in [-0.3, -0.25) is 9.59 Å². The van der Waals surface area contributed by atoms with Gasteiger partial charge in [0.1, 0.15) is 0 Å². The predicted molar refractivity (Wildman–Crippen MR) is 142 cm³/mol. The van der Waals surface area contributed by atoms with Crippen LogP contribution in [0.4, 0.5) is 0 Å². The third-order valence-electron chi connectivity index (χ3n) is 6.86. The molecule has 2 aliphatic heterocycles. The quantitative estimate of drug-likeness (QED) is 0.223. The molecule has 0 saturated carbocycles. The summed E-state index contributed by atoms with van der Waals surface area (Å²) in [6, 6.07) is 0. The van der Waals surface area contributed by atoms with E-state index in [1.165, 1.54) is 0 Å². The molecular weight excluding hydrogens is 504 g/mol. The number of sulfone groups is 2. The van der Waals surface area contributed by atoms with Crippen LogP contribution in [0.25, 0.3) is 0 Å². The Bertz CT molecular complexity index is 795. The van der Waals surface area contributed by atoms with E-state index in [1.54, 1.807) is 0 Å². The van der Waals surface area contributed by atoms with Crippen LogP contribution in [0.1, 0.15) is 64.2 Å². The fourth-order valence-electron chi connectivity index (χ4n) is 4.49. The van der Waals surface area contributed by atoms with E-state index >= 15 is 0 Å². The minimum absolute atomic E-state index is 0.00232. The van der Waals surface area contributed by atoms with Gasteiger partial charge in [0, 0.05) is 39.0 Å². The van der Waals surface area contributed by atoms with Crippen LogP contribution >= 0.6 is 0 Å². The van der Waals surface area contributed by atoms with Crippen molar-refractivity contribution in [2.24, 2.45) is 0 Å². The van der Waals surface area contributed by atoms with Gasteiger partial charge < -0.3 is 20.4 Å². The maximum absolute atomic E-state index is 12.1. The van der Waals surface area contributed by atoms with Crippen LogP contribution < -0.4 is 10.6 Å². The molecule has 2 amide bonds. The molecule has 2 fully saturated rings. The van der Waals surface area contributed by atoms with Crippen LogP contribution in [-0.2, 0) is 29.3 Å². The highest BCUT2D eigenvalue weighted by Crippen LogP contribution is 2.08. The van der Waals surface area contributed by atoms with E-state index in [-0.39, 0.29) is 47.7 Å². The summed E-state index contributed by atoms with van der Waals surface area (Å²) in [7, 11) is -6.42. The van der Waals surface area contributed by atoms with Gasteiger partial charge in [0.2, 0.25) is 11.8 Å². The SMILES string of the molecule is O=C(CCS(=O)(=O)CCN1CCCC1)NCCCCCCNC(=O)CCS(=O)(=O)CCN1CCCC1. The Labute approximate surface area is 217 Å². The minimum Gasteiger partial charge on any atom is -0.356 e. The van der Waals surface area contributed by atoms with E-state index in [1.807, 2.05) is 0 Å². The van der Waals surface area contributed by atoms with Gasteiger partial charge in [-0.15, -0.1) is 0 Å². The normalized spacial score (nSPS) is 17.4. The third kappa shape index (κ3) is 14.5. The highest BCUT2D eigenvalue weighted by Gasteiger charge is 2.19. The van der Waals surface area contributed by atoms with Crippen LogP contribution in [0.3, 0.4) is 0 Å². The number of unbranched alkanes of at least 4 members (excludes halogenated alkanes) is 3. The molecular formula is C24H46N4O6S2. The first-order valence-electron chi connectivity index (χ1n) is 13.5. The Kier molecular flexibility index (Phi) is 14.3. The molecule has 0 spiro atoms. The van der Waals surface area contributed by atoms with Gasteiger partial charge >= 0.3 is 0 Å². The van der Waals surface area contributed by atoms with Crippen LogP contribution in [0.2, 0.25) is 0 Å². The summed E-state index contributed by atoms with van der Waals surface area (Å²) in [5.41, 5.74) is 0. The highest BCUT2D eigenvalue weighted by atomic mass is 32.2. The van der Waals surface area contributed by atoms with Gasteiger partial charge in [-0.2, -0.15) is 0 Å². The van der Waals surface area contributed by atoms with Crippen LogP contribution in [0.15, 0.2) is 0 Å². The molecule has 2 aliphatic rings. The molecule has 36 heavy (non-hydrogen) atoms. The van der Waals surface area contributed by atoms with Gasteiger partial charge in [0.25, 0.3) is 0 Å². The van der Waals surface area contributed by atoms with E-state index < -0.39 is 19.7 Å². The largest absolute Gasteiger partial charge is 0.356 e. The Morgan fingerprint density at radius 2 is 0.917 bits per heavy atom. The Balaban J connectivity index is 1.40. The van der Waals surface area contributed by atoms with Crippen molar-refractivity contribution in [3.63, 3.8) is 0 Å². The zero-order chi connectivity index (χ0) is 26.3. The fourth-order valence-corrected chi connectivity index (χ4v) is 6.96. The molecule has 0 aromatic rings. The molecule has 10 nitrogen and oxygen atoms in total. The summed E-state index contributed by atoms with van der Waals surface area (Å²) in [6.07, 6.45) is 7.86. The molecule has 2 saturated heterocycles. The molecule has 0 aromatic heterocycles.